The summed E-state index contributed by atoms with van der Waals surface area (Å²) in [7, 11) is 2.99. The molecule has 0 aliphatic carbocycles. The molecule has 98 valence electrons. The van der Waals surface area contributed by atoms with Crippen molar-refractivity contribution in [3.8, 4) is 11.5 Å². The first-order chi connectivity index (χ1) is 8.67. The first kappa shape index (κ1) is 13.8. The number of amides is 2. The van der Waals surface area contributed by atoms with Crippen molar-refractivity contribution in [2.24, 2.45) is 0 Å². The highest BCUT2D eigenvalue weighted by Crippen LogP contribution is 2.16. The molecule has 0 aliphatic rings. The summed E-state index contributed by atoms with van der Waals surface area (Å²) in [6, 6.07) is 7.08. The van der Waals surface area contributed by atoms with E-state index in [2.05, 4.69) is 10.6 Å². The van der Waals surface area contributed by atoms with Crippen LogP contribution >= 0.6 is 0 Å². The molecule has 6 heteroatoms. The number of rotatable bonds is 5. The van der Waals surface area contributed by atoms with Gasteiger partial charge in [-0.3, -0.25) is 9.59 Å². The molecule has 2 N–H and O–H groups in total. The van der Waals surface area contributed by atoms with E-state index in [4.69, 9.17) is 9.47 Å². The van der Waals surface area contributed by atoms with Crippen LogP contribution < -0.4 is 20.1 Å². The van der Waals surface area contributed by atoms with Gasteiger partial charge in [-0.25, -0.2) is 0 Å². The predicted molar refractivity (Wildman–Crippen MR) is 65.6 cm³/mol. The van der Waals surface area contributed by atoms with Crippen LogP contribution in [0.4, 0.5) is 0 Å². The summed E-state index contributed by atoms with van der Waals surface area (Å²) < 4.78 is 10.4. The molecule has 0 aromatic heterocycles. The second-order valence-electron chi connectivity index (χ2n) is 3.36. The molecule has 0 saturated heterocycles. The third-order valence-corrected chi connectivity index (χ3v) is 2.15. The van der Waals surface area contributed by atoms with Crippen molar-refractivity contribution in [3.05, 3.63) is 24.3 Å². The lowest BCUT2D eigenvalue weighted by molar-refractivity contribution is -0.138. The van der Waals surface area contributed by atoms with Gasteiger partial charge in [0.15, 0.2) is 0 Å². The largest absolute Gasteiger partial charge is 0.497 e. The Labute approximate surface area is 105 Å². The van der Waals surface area contributed by atoms with Gasteiger partial charge >= 0.3 is 11.8 Å². The van der Waals surface area contributed by atoms with E-state index in [0.29, 0.717) is 5.75 Å². The van der Waals surface area contributed by atoms with Crippen LogP contribution in [0.25, 0.3) is 0 Å². The van der Waals surface area contributed by atoms with Gasteiger partial charge in [-0.2, -0.15) is 0 Å². The molecule has 1 aromatic carbocycles. The van der Waals surface area contributed by atoms with Crippen LogP contribution in [0.15, 0.2) is 24.3 Å². The number of hydrogen-bond donors (Lipinski definition) is 2. The summed E-state index contributed by atoms with van der Waals surface area (Å²) in [5, 5.41) is 4.66. The second kappa shape index (κ2) is 7.16. The maximum absolute atomic E-state index is 11.1. The quantitative estimate of drug-likeness (QED) is 0.568. The Hall–Kier alpha value is -2.24. The van der Waals surface area contributed by atoms with Gasteiger partial charge in [-0.15, -0.1) is 0 Å². The first-order valence-electron chi connectivity index (χ1n) is 5.44. The van der Waals surface area contributed by atoms with Gasteiger partial charge in [0.05, 0.1) is 13.7 Å². The minimum absolute atomic E-state index is 0.262. The predicted octanol–water partition coefficient (Wildman–Crippen LogP) is -0.0638. The lowest BCUT2D eigenvalue weighted by Gasteiger charge is -2.07. The fourth-order valence-electron chi connectivity index (χ4n) is 1.20. The minimum atomic E-state index is -0.671. The Kier molecular flexibility index (Phi) is 5.50. The van der Waals surface area contributed by atoms with E-state index in [-0.39, 0.29) is 13.2 Å². The molecule has 6 nitrogen and oxygen atoms in total. The number of carbonyl (C=O) groups is 2. The maximum Gasteiger partial charge on any atom is 0.309 e. The third-order valence-electron chi connectivity index (χ3n) is 2.15. The number of hydrogen-bond acceptors (Lipinski definition) is 4. The monoisotopic (exact) mass is 252 g/mol. The highest BCUT2D eigenvalue weighted by Gasteiger charge is 2.09. The fourth-order valence-corrected chi connectivity index (χ4v) is 1.20. The Morgan fingerprint density at radius 3 is 2.28 bits per heavy atom. The molecule has 0 aliphatic heterocycles. The average Bonchev–Trinajstić information content (AvgIpc) is 2.43. The number of likely N-dealkylation sites (N-methyl/N-ethyl adjacent to an activating group) is 1. The van der Waals surface area contributed by atoms with Crippen LogP contribution in [0.3, 0.4) is 0 Å². The molecular formula is C12H16N2O4. The van der Waals surface area contributed by atoms with Gasteiger partial charge in [-0.05, 0) is 24.3 Å². The molecule has 2 amide bonds. The summed E-state index contributed by atoms with van der Waals surface area (Å²) in [6.07, 6.45) is 0. The molecule has 0 spiro atoms. The second-order valence-corrected chi connectivity index (χ2v) is 3.36. The van der Waals surface area contributed by atoms with Crippen molar-refractivity contribution in [2.45, 2.75) is 0 Å². The molecule has 18 heavy (non-hydrogen) atoms. The number of ether oxygens (including phenoxy) is 2. The molecule has 0 unspecified atom stereocenters. The van der Waals surface area contributed by atoms with Crippen LogP contribution in [-0.4, -0.2) is 39.1 Å². The van der Waals surface area contributed by atoms with Gasteiger partial charge in [-0.1, -0.05) is 0 Å². The summed E-state index contributed by atoms with van der Waals surface area (Å²) in [5.41, 5.74) is 0. The zero-order chi connectivity index (χ0) is 13.4. The van der Waals surface area contributed by atoms with Gasteiger partial charge in [0.2, 0.25) is 0 Å². The van der Waals surface area contributed by atoms with Crippen LogP contribution in [0, 0.1) is 0 Å². The summed E-state index contributed by atoms with van der Waals surface area (Å²) in [5.74, 6) is 0.0792. The topological polar surface area (TPSA) is 76.7 Å². The van der Waals surface area contributed by atoms with Gasteiger partial charge in [0, 0.05) is 7.05 Å². The number of carbonyl (C=O) groups excluding carboxylic acids is 2. The third kappa shape index (κ3) is 4.32. The van der Waals surface area contributed by atoms with E-state index in [1.54, 1.807) is 31.4 Å². The lowest BCUT2D eigenvalue weighted by Crippen LogP contribution is -2.39. The Bertz CT molecular complexity index is 403. The number of nitrogens with one attached hydrogen (secondary N) is 2. The molecular weight excluding hydrogens is 236 g/mol. The zero-order valence-electron chi connectivity index (χ0n) is 10.4. The first-order valence-corrected chi connectivity index (χ1v) is 5.44. The van der Waals surface area contributed by atoms with E-state index in [1.807, 2.05) is 0 Å². The Morgan fingerprint density at radius 2 is 1.72 bits per heavy atom. The van der Waals surface area contributed by atoms with E-state index < -0.39 is 11.8 Å². The van der Waals surface area contributed by atoms with E-state index in [1.165, 1.54) is 7.05 Å². The summed E-state index contributed by atoms with van der Waals surface area (Å²) in [6.45, 7) is 0.549. The molecule has 0 bridgehead atoms. The van der Waals surface area contributed by atoms with E-state index >= 15 is 0 Å². The molecule has 1 aromatic rings. The van der Waals surface area contributed by atoms with Gasteiger partial charge < -0.3 is 20.1 Å². The van der Waals surface area contributed by atoms with Crippen molar-refractivity contribution < 1.29 is 19.1 Å². The maximum atomic E-state index is 11.1. The van der Waals surface area contributed by atoms with Gasteiger partial charge in [0.25, 0.3) is 0 Å². The van der Waals surface area contributed by atoms with Crippen molar-refractivity contribution >= 4 is 11.8 Å². The smallest absolute Gasteiger partial charge is 0.309 e. The van der Waals surface area contributed by atoms with Crippen LogP contribution in [0.5, 0.6) is 11.5 Å². The molecule has 0 saturated carbocycles. The lowest BCUT2D eigenvalue weighted by atomic mass is 10.3. The zero-order valence-corrected chi connectivity index (χ0v) is 10.4. The standard InChI is InChI=1S/C12H16N2O4/c1-13-11(15)12(16)14-7-8-18-10-5-3-9(17-2)4-6-10/h3-6H,7-8H2,1-2H3,(H,13,15)(H,14,16). The van der Waals surface area contributed by atoms with Crippen LogP contribution in [0.2, 0.25) is 0 Å². The highest BCUT2D eigenvalue weighted by atomic mass is 16.5. The van der Waals surface area contributed by atoms with Crippen molar-refractivity contribution in [3.63, 3.8) is 0 Å². The normalized spacial score (nSPS) is 9.44. The van der Waals surface area contributed by atoms with Crippen molar-refractivity contribution in [2.75, 3.05) is 27.3 Å². The molecule has 0 radical (unpaired) electrons. The van der Waals surface area contributed by atoms with E-state index in [9.17, 15) is 9.59 Å². The molecule has 0 fully saturated rings. The Balaban J connectivity index is 2.25. The number of benzene rings is 1. The van der Waals surface area contributed by atoms with Crippen LogP contribution in [0.1, 0.15) is 0 Å². The van der Waals surface area contributed by atoms with Crippen molar-refractivity contribution in [1.29, 1.82) is 0 Å². The summed E-state index contributed by atoms with van der Waals surface area (Å²) >= 11 is 0. The molecule has 0 atom stereocenters. The van der Waals surface area contributed by atoms with E-state index in [0.717, 1.165) is 5.75 Å². The SMILES string of the molecule is CNC(=O)C(=O)NCCOc1ccc(OC)cc1. The minimum Gasteiger partial charge on any atom is -0.497 e. The van der Waals surface area contributed by atoms with Gasteiger partial charge in [0.1, 0.15) is 18.1 Å². The molecule has 1 rings (SSSR count). The highest BCUT2D eigenvalue weighted by molar-refractivity contribution is 6.34. The average molecular weight is 252 g/mol. The van der Waals surface area contributed by atoms with Crippen molar-refractivity contribution in [1.82, 2.24) is 10.6 Å². The fraction of sp³-hybridized carbons (Fsp3) is 0.333. The summed E-state index contributed by atoms with van der Waals surface area (Å²) in [4.78, 5) is 21.9. The Morgan fingerprint density at radius 1 is 1.11 bits per heavy atom. The number of methoxy groups -OCH3 is 1. The van der Waals surface area contributed by atoms with Crippen LogP contribution in [-0.2, 0) is 9.59 Å². The molecule has 0 heterocycles.